The van der Waals surface area contributed by atoms with E-state index >= 15 is 0 Å². The first-order valence-electron chi connectivity index (χ1n) is 9.43. The van der Waals surface area contributed by atoms with E-state index in [9.17, 15) is 18.0 Å². The molecule has 1 amide bonds. The Kier molecular flexibility index (Phi) is 6.34. The first-order valence-corrected chi connectivity index (χ1v) is 10.9. The van der Waals surface area contributed by atoms with Gasteiger partial charge in [0.1, 0.15) is 10.6 Å². The van der Waals surface area contributed by atoms with Gasteiger partial charge in [-0.25, -0.2) is 13.1 Å². The maximum Gasteiger partial charge on any atom is 0.255 e. The lowest BCUT2D eigenvalue weighted by molar-refractivity contribution is 0.101. The van der Waals surface area contributed by atoms with E-state index in [1.165, 1.54) is 32.2 Å². The number of hydrogen-bond donors (Lipinski definition) is 2. The molecule has 7 nitrogen and oxygen atoms in total. The van der Waals surface area contributed by atoms with Crippen LogP contribution in [0.15, 0.2) is 47.4 Å². The van der Waals surface area contributed by atoms with Crippen LogP contribution in [0.2, 0.25) is 0 Å². The van der Waals surface area contributed by atoms with E-state index in [0.717, 1.165) is 25.7 Å². The highest BCUT2D eigenvalue weighted by molar-refractivity contribution is 7.89. The van der Waals surface area contributed by atoms with Gasteiger partial charge in [-0.15, -0.1) is 0 Å². The van der Waals surface area contributed by atoms with E-state index in [1.807, 2.05) is 0 Å². The van der Waals surface area contributed by atoms with Crippen molar-refractivity contribution in [3.05, 3.63) is 53.6 Å². The molecule has 29 heavy (non-hydrogen) atoms. The molecule has 1 saturated carbocycles. The van der Waals surface area contributed by atoms with Gasteiger partial charge in [0.15, 0.2) is 5.78 Å². The highest BCUT2D eigenvalue weighted by Gasteiger charge is 2.26. The molecule has 0 heterocycles. The summed E-state index contributed by atoms with van der Waals surface area (Å²) < 4.78 is 33.6. The zero-order chi connectivity index (χ0) is 21.0. The van der Waals surface area contributed by atoms with Crippen molar-refractivity contribution in [3.8, 4) is 5.75 Å². The molecule has 1 aliphatic carbocycles. The number of anilines is 1. The molecule has 0 radical (unpaired) electrons. The van der Waals surface area contributed by atoms with Crippen LogP contribution in [0.4, 0.5) is 5.69 Å². The predicted molar refractivity (Wildman–Crippen MR) is 110 cm³/mol. The van der Waals surface area contributed by atoms with Crippen LogP contribution in [0.5, 0.6) is 5.75 Å². The minimum absolute atomic E-state index is 0.0634. The topological polar surface area (TPSA) is 102 Å². The van der Waals surface area contributed by atoms with Gasteiger partial charge in [-0.2, -0.15) is 0 Å². The lowest BCUT2D eigenvalue weighted by Gasteiger charge is -2.16. The molecule has 3 rings (SSSR count). The zero-order valence-corrected chi connectivity index (χ0v) is 17.2. The van der Waals surface area contributed by atoms with Crippen molar-refractivity contribution in [2.45, 2.75) is 43.5 Å². The van der Waals surface area contributed by atoms with Crippen LogP contribution in [0.25, 0.3) is 0 Å². The van der Waals surface area contributed by atoms with E-state index in [2.05, 4.69) is 10.0 Å². The lowest BCUT2D eigenvalue weighted by Crippen LogP contribution is -2.33. The van der Waals surface area contributed by atoms with Gasteiger partial charge < -0.3 is 10.1 Å². The number of ether oxygens (including phenoxy) is 1. The highest BCUT2D eigenvalue weighted by atomic mass is 32.2. The van der Waals surface area contributed by atoms with E-state index in [-0.39, 0.29) is 28.0 Å². The van der Waals surface area contributed by atoms with Gasteiger partial charge in [0, 0.05) is 22.9 Å². The molecule has 2 aromatic carbocycles. The Morgan fingerprint density at radius 3 is 2.21 bits per heavy atom. The standard InChI is InChI=1S/C21H24N2O5S/c1-14(24)15-7-10-17(11-8-15)22-21(25)16-9-12-19(28-2)20(13-16)29(26,27)23-18-5-3-4-6-18/h7-13,18,23H,3-6H2,1-2H3,(H,22,25). The van der Waals surface area contributed by atoms with Gasteiger partial charge in [0.25, 0.3) is 5.91 Å². The quantitative estimate of drug-likeness (QED) is 0.674. The van der Waals surface area contributed by atoms with Crippen molar-refractivity contribution in [3.63, 3.8) is 0 Å². The summed E-state index contributed by atoms with van der Waals surface area (Å²) in [5, 5.41) is 2.71. The Hall–Kier alpha value is -2.71. The Labute approximate surface area is 170 Å². The zero-order valence-electron chi connectivity index (χ0n) is 16.4. The fraction of sp³-hybridized carbons (Fsp3) is 0.333. The fourth-order valence-electron chi connectivity index (χ4n) is 3.35. The number of methoxy groups -OCH3 is 1. The fourth-order valence-corrected chi connectivity index (χ4v) is 4.85. The van der Waals surface area contributed by atoms with Crippen LogP contribution in [-0.2, 0) is 10.0 Å². The van der Waals surface area contributed by atoms with Gasteiger partial charge in [0.05, 0.1) is 7.11 Å². The molecule has 2 aromatic rings. The van der Waals surface area contributed by atoms with E-state index in [4.69, 9.17) is 4.74 Å². The second-order valence-corrected chi connectivity index (χ2v) is 8.74. The summed E-state index contributed by atoms with van der Waals surface area (Å²) in [6.45, 7) is 1.46. The molecule has 1 fully saturated rings. The number of carbonyl (C=O) groups excluding carboxylic acids is 2. The summed E-state index contributed by atoms with van der Waals surface area (Å²) in [5.41, 5.74) is 1.23. The Morgan fingerprint density at radius 1 is 1.00 bits per heavy atom. The summed E-state index contributed by atoms with van der Waals surface area (Å²) in [4.78, 5) is 23.9. The van der Waals surface area contributed by atoms with Crippen molar-refractivity contribution in [1.82, 2.24) is 4.72 Å². The van der Waals surface area contributed by atoms with Gasteiger partial charge in [-0.05, 0) is 62.2 Å². The SMILES string of the molecule is COc1ccc(C(=O)Nc2ccc(C(C)=O)cc2)cc1S(=O)(=O)NC1CCCC1. The number of rotatable bonds is 7. The summed E-state index contributed by atoms with van der Waals surface area (Å²) in [7, 11) is -2.43. The van der Waals surface area contributed by atoms with E-state index < -0.39 is 15.9 Å². The third-order valence-corrected chi connectivity index (χ3v) is 6.48. The first kappa shape index (κ1) is 21.0. The smallest absolute Gasteiger partial charge is 0.255 e. The summed E-state index contributed by atoms with van der Waals surface area (Å²) in [5.74, 6) is -0.346. The summed E-state index contributed by atoms with van der Waals surface area (Å²) in [6.07, 6.45) is 3.60. The second-order valence-electron chi connectivity index (χ2n) is 7.06. The molecule has 0 aliphatic heterocycles. The van der Waals surface area contributed by atoms with E-state index in [0.29, 0.717) is 11.3 Å². The normalized spacial score (nSPS) is 14.6. The number of nitrogens with one attached hydrogen (secondary N) is 2. The van der Waals surface area contributed by atoms with Crippen LogP contribution in [-0.4, -0.2) is 33.3 Å². The monoisotopic (exact) mass is 416 g/mol. The molecule has 154 valence electrons. The van der Waals surface area contributed by atoms with Crippen LogP contribution >= 0.6 is 0 Å². The van der Waals surface area contributed by atoms with Crippen molar-refractivity contribution < 1.29 is 22.7 Å². The minimum Gasteiger partial charge on any atom is -0.495 e. The number of amides is 1. The predicted octanol–water partition coefficient (Wildman–Crippen LogP) is 3.37. The second kappa shape index (κ2) is 8.75. The lowest BCUT2D eigenvalue weighted by atomic mass is 10.1. The molecule has 0 aromatic heterocycles. The van der Waals surface area contributed by atoms with Crippen molar-refractivity contribution in [2.24, 2.45) is 0 Å². The van der Waals surface area contributed by atoms with Gasteiger partial charge >= 0.3 is 0 Å². The Morgan fingerprint density at radius 2 is 1.62 bits per heavy atom. The Bertz CT molecular complexity index is 1010. The average molecular weight is 416 g/mol. The maximum atomic E-state index is 12.8. The molecular weight excluding hydrogens is 392 g/mol. The molecule has 2 N–H and O–H groups in total. The van der Waals surface area contributed by atoms with E-state index in [1.54, 1.807) is 24.3 Å². The third kappa shape index (κ3) is 5.02. The van der Waals surface area contributed by atoms with Gasteiger partial charge in [-0.1, -0.05) is 12.8 Å². The van der Waals surface area contributed by atoms with Crippen LogP contribution in [0, 0.1) is 0 Å². The van der Waals surface area contributed by atoms with Gasteiger partial charge in [-0.3, -0.25) is 9.59 Å². The van der Waals surface area contributed by atoms with Crippen molar-refractivity contribution >= 4 is 27.4 Å². The first-order chi connectivity index (χ1) is 13.8. The number of sulfonamides is 1. The maximum absolute atomic E-state index is 12.8. The van der Waals surface area contributed by atoms with Gasteiger partial charge in [0.2, 0.25) is 10.0 Å². The number of carbonyl (C=O) groups is 2. The third-order valence-electron chi connectivity index (χ3n) is 4.94. The average Bonchev–Trinajstić information content (AvgIpc) is 3.20. The molecule has 0 saturated heterocycles. The minimum atomic E-state index is -3.82. The van der Waals surface area contributed by atoms with Crippen molar-refractivity contribution in [2.75, 3.05) is 12.4 Å². The van der Waals surface area contributed by atoms with Crippen LogP contribution in [0.1, 0.15) is 53.3 Å². The Balaban J connectivity index is 1.83. The molecule has 0 bridgehead atoms. The molecule has 0 spiro atoms. The van der Waals surface area contributed by atoms with Crippen LogP contribution in [0.3, 0.4) is 0 Å². The molecule has 1 aliphatic rings. The summed E-state index contributed by atoms with van der Waals surface area (Å²) >= 11 is 0. The van der Waals surface area contributed by atoms with Crippen molar-refractivity contribution in [1.29, 1.82) is 0 Å². The number of hydrogen-bond acceptors (Lipinski definition) is 5. The highest BCUT2D eigenvalue weighted by Crippen LogP contribution is 2.27. The summed E-state index contributed by atoms with van der Waals surface area (Å²) in [6, 6.07) is 10.7. The molecule has 0 unspecified atom stereocenters. The largest absolute Gasteiger partial charge is 0.495 e. The number of benzene rings is 2. The number of Topliss-reactive ketones (excluding diaryl/α,β-unsaturated/α-hetero) is 1. The molecule has 0 atom stereocenters. The molecule has 8 heteroatoms. The molecular formula is C21H24N2O5S. The van der Waals surface area contributed by atoms with Crippen LogP contribution < -0.4 is 14.8 Å². The number of ketones is 1.